The van der Waals surface area contributed by atoms with E-state index in [1.807, 2.05) is 31.2 Å². The zero-order chi connectivity index (χ0) is 14.5. The largest absolute Gasteiger partial charge is 0.381 e. The van der Waals surface area contributed by atoms with Crippen LogP contribution in [0.15, 0.2) is 42.5 Å². The van der Waals surface area contributed by atoms with Crippen molar-refractivity contribution in [1.82, 2.24) is 0 Å². The van der Waals surface area contributed by atoms with Gasteiger partial charge < -0.3 is 10.6 Å². The summed E-state index contributed by atoms with van der Waals surface area (Å²) in [5, 5.41) is 5.99. The van der Waals surface area contributed by atoms with Gasteiger partial charge in [0.1, 0.15) is 5.82 Å². The summed E-state index contributed by atoms with van der Waals surface area (Å²) in [5.41, 5.74) is 3.60. The van der Waals surface area contributed by atoms with Gasteiger partial charge in [0.15, 0.2) is 0 Å². The first-order chi connectivity index (χ1) is 9.54. The highest BCUT2D eigenvalue weighted by molar-refractivity contribution is 5.89. The zero-order valence-electron chi connectivity index (χ0n) is 11.5. The van der Waals surface area contributed by atoms with Crippen LogP contribution in [-0.4, -0.2) is 5.91 Å². The lowest BCUT2D eigenvalue weighted by atomic mass is 10.1. The van der Waals surface area contributed by atoms with Gasteiger partial charge in [-0.15, -0.1) is 0 Å². The minimum Gasteiger partial charge on any atom is -0.381 e. The van der Waals surface area contributed by atoms with E-state index >= 15 is 0 Å². The lowest BCUT2D eigenvalue weighted by Crippen LogP contribution is -2.06. The Labute approximate surface area is 117 Å². The first kappa shape index (κ1) is 14.1. The van der Waals surface area contributed by atoms with Crippen LogP contribution in [0.2, 0.25) is 0 Å². The molecule has 0 heterocycles. The van der Waals surface area contributed by atoms with Crippen molar-refractivity contribution in [3.05, 3.63) is 59.4 Å². The Morgan fingerprint density at radius 2 is 1.90 bits per heavy atom. The highest BCUT2D eigenvalue weighted by Crippen LogP contribution is 2.17. The Balaban J connectivity index is 2.05. The molecule has 2 N–H and O–H groups in total. The minimum absolute atomic E-state index is 0.100. The molecule has 0 aliphatic carbocycles. The van der Waals surface area contributed by atoms with E-state index in [0.717, 1.165) is 22.5 Å². The molecule has 0 aromatic heterocycles. The van der Waals surface area contributed by atoms with E-state index in [0.29, 0.717) is 6.54 Å². The van der Waals surface area contributed by atoms with Crippen LogP contribution < -0.4 is 10.6 Å². The molecule has 0 saturated carbocycles. The molecule has 0 unspecified atom stereocenters. The van der Waals surface area contributed by atoms with E-state index < -0.39 is 0 Å². The molecule has 4 heteroatoms. The van der Waals surface area contributed by atoms with Crippen LogP contribution in [0.4, 0.5) is 15.8 Å². The lowest BCUT2D eigenvalue weighted by Gasteiger charge is -2.10. The van der Waals surface area contributed by atoms with Gasteiger partial charge in [0.2, 0.25) is 5.91 Å². The van der Waals surface area contributed by atoms with Crippen LogP contribution in [0, 0.1) is 12.7 Å². The maximum absolute atomic E-state index is 13.0. The normalized spacial score (nSPS) is 10.2. The van der Waals surface area contributed by atoms with Crippen molar-refractivity contribution in [1.29, 1.82) is 0 Å². The highest BCUT2D eigenvalue weighted by Gasteiger charge is 2.01. The Kier molecular flexibility index (Phi) is 4.35. The van der Waals surface area contributed by atoms with E-state index in [4.69, 9.17) is 0 Å². The number of hydrogen-bond acceptors (Lipinski definition) is 2. The van der Waals surface area contributed by atoms with Gasteiger partial charge in [-0.2, -0.15) is 0 Å². The zero-order valence-corrected chi connectivity index (χ0v) is 11.5. The molecule has 0 atom stereocenters. The van der Waals surface area contributed by atoms with Gasteiger partial charge in [-0.25, -0.2) is 4.39 Å². The predicted octanol–water partition coefficient (Wildman–Crippen LogP) is 3.70. The highest BCUT2D eigenvalue weighted by atomic mass is 19.1. The van der Waals surface area contributed by atoms with Gasteiger partial charge in [0.25, 0.3) is 0 Å². The predicted molar refractivity (Wildman–Crippen MR) is 79.2 cm³/mol. The van der Waals surface area contributed by atoms with Gasteiger partial charge in [0.05, 0.1) is 0 Å². The maximum atomic E-state index is 13.0. The van der Waals surface area contributed by atoms with E-state index in [1.165, 1.54) is 19.1 Å². The van der Waals surface area contributed by atoms with Gasteiger partial charge in [0, 0.05) is 24.8 Å². The third kappa shape index (κ3) is 3.82. The van der Waals surface area contributed by atoms with Crippen LogP contribution in [0.3, 0.4) is 0 Å². The van der Waals surface area contributed by atoms with Crippen molar-refractivity contribution in [3.8, 4) is 0 Å². The molecule has 0 bridgehead atoms. The molecule has 0 aliphatic rings. The van der Waals surface area contributed by atoms with Crippen molar-refractivity contribution in [3.63, 3.8) is 0 Å². The Hall–Kier alpha value is -2.36. The molecule has 0 spiro atoms. The summed E-state index contributed by atoms with van der Waals surface area (Å²) in [5.74, 6) is -0.324. The van der Waals surface area contributed by atoms with Crippen LogP contribution in [0.25, 0.3) is 0 Å². The molecule has 104 valence electrons. The number of carbonyl (C=O) groups is 1. The Morgan fingerprint density at radius 3 is 2.60 bits per heavy atom. The average molecular weight is 272 g/mol. The standard InChI is InChI=1S/C16H17FN2O/c1-11-8-14(17)7-6-13(11)10-18-15-4-3-5-16(9-15)19-12(2)20/h3-9,18H,10H2,1-2H3,(H,19,20). The SMILES string of the molecule is CC(=O)Nc1cccc(NCc2ccc(F)cc2C)c1. The van der Waals surface area contributed by atoms with Crippen molar-refractivity contribution in [2.75, 3.05) is 10.6 Å². The van der Waals surface area contributed by atoms with Gasteiger partial charge in [-0.3, -0.25) is 4.79 Å². The molecule has 0 radical (unpaired) electrons. The first-order valence-corrected chi connectivity index (χ1v) is 6.41. The number of halogens is 1. The van der Waals surface area contributed by atoms with Gasteiger partial charge >= 0.3 is 0 Å². The third-order valence-electron chi connectivity index (χ3n) is 2.97. The fourth-order valence-electron chi connectivity index (χ4n) is 1.97. The van der Waals surface area contributed by atoms with Crippen LogP contribution in [-0.2, 0) is 11.3 Å². The molecule has 3 nitrogen and oxygen atoms in total. The minimum atomic E-state index is -0.223. The fourth-order valence-corrected chi connectivity index (χ4v) is 1.97. The van der Waals surface area contributed by atoms with Crippen LogP contribution >= 0.6 is 0 Å². The van der Waals surface area contributed by atoms with Crippen LogP contribution in [0.1, 0.15) is 18.1 Å². The van der Waals surface area contributed by atoms with Crippen molar-refractivity contribution >= 4 is 17.3 Å². The number of hydrogen-bond donors (Lipinski definition) is 2. The maximum Gasteiger partial charge on any atom is 0.221 e. The summed E-state index contributed by atoms with van der Waals surface area (Å²) in [6.07, 6.45) is 0. The summed E-state index contributed by atoms with van der Waals surface area (Å²) in [4.78, 5) is 11.0. The second-order valence-electron chi connectivity index (χ2n) is 4.69. The van der Waals surface area contributed by atoms with Crippen LogP contribution in [0.5, 0.6) is 0 Å². The monoisotopic (exact) mass is 272 g/mol. The van der Waals surface area contributed by atoms with Crippen molar-refractivity contribution < 1.29 is 9.18 Å². The van der Waals surface area contributed by atoms with Crippen molar-refractivity contribution in [2.24, 2.45) is 0 Å². The number of aryl methyl sites for hydroxylation is 1. The molecule has 0 saturated heterocycles. The molecule has 2 aromatic rings. The van der Waals surface area contributed by atoms with Gasteiger partial charge in [-0.1, -0.05) is 12.1 Å². The molecule has 20 heavy (non-hydrogen) atoms. The Bertz CT molecular complexity index is 626. The number of anilines is 2. The lowest BCUT2D eigenvalue weighted by molar-refractivity contribution is -0.114. The second kappa shape index (κ2) is 6.19. The number of carbonyl (C=O) groups excluding carboxylic acids is 1. The summed E-state index contributed by atoms with van der Waals surface area (Å²) >= 11 is 0. The number of nitrogens with one attached hydrogen (secondary N) is 2. The Morgan fingerprint density at radius 1 is 1.15 bits per heavy atom. The van der Waals surface area contributed by atoms with Gasteiger partial charge in [-0.05, 0) is 48.4 Å². The smallest absolute Gasteiger partial charge is 0.221 e. The summed E-state index contributed by atoms with van der Waals surface area (Å²) in [7, 11) is 0. The van der Waals surface area contributed by atoms with Crippen molar-refractivity contribution in [2.45, 2.75) is 20.4 Å². The number of rotatable bonds is 4. The van der Waals surface area contributed by atoms with E-state index in [-0.39, 0.29) is 11.7 Å². The number of benzene rings is 2. The molecule has 2 rings (SSSR count). The molecule has 2 aromatic carbocycles. The van der Waals surface area contributed by atoms with E-state index in [9.17, 15) is 9.18 Å². The first-order valence-electron chi connectivity index (χ1n) is 6.41. The summed E-state index contributed by atoms with van der Waals surface area (Å²) in [6.45, 7) is 3.96. The molecular weight excluding hydrogens is 255 g/mol. The second-order valence-corrected chi connectivity index (χ2v) is 4.69. The molecule has 1 amide bonds. The topological polar surface area (TPSA) is 41.1 Å². The molecular formula is C16H17FN2O. The summed E-state index contributed by atoms with van der Waals surface area (Å²) < 4.78 is 13.0. The third-order valence-corrected chi connectivity index (χ3v) is 2.97. The average Bonchev–Trinajstić information content (AvgIpc) is 2.37. The quantitative estimate of drug-likeness (QED) is 0.891. The summed E-state index contributed by atoms with van der Waals surface area (Å²) in [6, 6.07) is 12.2. The molecule has 0 fully saturated rings. The van der Waals surface area contributed by atoms with E-state index in [2.05, 4.69) is 10.6 Å². The molecule has 0 aliphatic heterocycles. The number of amides is 1. The van der Waals surface area contributed by atoms with E-state index in [1.54, 1.807) is 6.07 Å². The fraction of sp³-hybridized carbons (Fsp3) is 0.188.